The van der Waals surface area contributed by atoms with E-state index < -0.39 is 0 Å². The van der Waals surface area contributed by atoms with Gasteiger partial charge in [-0.1, -0.05) is 54.2 Å². The van der Waals surface area contributed by atoms with Crippen LogP contribution in [-0.4, -0.2) is 38.5 Å². The Bertz CT molecular complexity index is 885. The Hall–Kier alpha value is -2.87. The number of rotatable bonds is 8. The van der Waals surface area contributed by atoms with Crippen LogP contribution in [-0.2, 0) is 4.79 Å². The third-order valence-electron chi connectivity index (χ3n) is 3.84. The predicted molar refractivity (Wildman–Crippen MR) is 104 cm³/mol. The van der Waals surface area contributed by atoms with Crippen LogP contribution in [0, 0.1) is 0 Å². The Balaban J connectivity index is 1.65. The minimum absolute atomic E-state index is 0.0611. The van der Waals surface area contributed by atoms with Gasteiger partial charge in [-0.05, 0) is 42.0 Å². The zero-order valence-electron chi connectivity index (χ0n) is 15.2. The van der Waals surface area contributed by atoms with Gasteiger partial charge in [0.2, 0.25) is 11.1 Å². The number of nitrogens with one attached hydrogen (secondary N) is 1. The first-order valence-corrected chi connectivity index (χ1v) is 9.65. The van der Waals surface area contributed by atoms with E-state index in [0.717, 1.165) is 11.3 Å². The molecule has 1 N–H and O–H groups in total. The van der Waals surface area contributed by atoms with Gasteiger partial charge in [0.15, 0.2) is 0 Å². The molecule has 1 heterocycles. The molecule has 0 aliphatic heterocycles. The van der Waals surface area contributed by atoms with Crippen LogP contribution in [0.4, 0.5) is 0 Å². The molecule has 1 amide bonds. The molecule has 7 nitrogen and oxygen atoms in total. The fraction of sp³-hybridized carbons (Fsp3) is 0.263. The zero-order valence-corrected chi connectivity index (χ0v) is 16.0. The van der Waals surface area contributed by atoms with Crippen molar-refractivity contribution in [1.29, 1.82) is 0 Å². The third-order valence-corrected chi connectivity index (χ3v) is 4.76. The maximum absolute atomic E-state index is 12.3. The Morgan fingerprint density at radius 1 is 1.19 bits per heavy atom. The number of ether oxygens (including phenoxy) is 1. The van der Waals surface area contributed by atoms with Crippen LogP contribution >= 0.6 is 11.8 Å². The number of thioether (sulfide) groups is 1. The van der Waals surface area contributed by atoms with Crippen molar-refractivity contribution >= 4 is 17.7 Å². The number of tetrazole rings is 1. The second kappa shape index (κ2) is 9.18. The lowest BCUT2D eigenvalue weighted by molar-refractivity contribution is -0.119. The van der Waals surface area contributed by atoms with Crippen LogP contribution in [0.1, 0.15) is 25.5 Å². The molecule has 0 fully saturated rings. The van der Waals surface area contributed by atoms with E-state index >= 15 is 0 Å². The van der Waals surface area contributed by atoms with E-state index in [2.05, 4.69) is 20.8 Å². The molecule has 0 saturated carbocycles. The number of para-hydroxylation sites is 2. The number of nitrogens with zero attached hydrogens (tertiary/aromatic N) is 4. The second-order valence-corrected chi connectivity index (χ2v) is 6.71. The average molecular weight is 383 g/mol. The highest BCUT2D eigenvalue weighted by Crippen LogP contribution is 2.26. The molecular formula is C19H21N5O2S. The smallest absolute Gasteiger partial charge is 0.230 e. The van der Waals surface area contributed by atoms with E-state index in [1.165, 1.54) is 11.8 Å². The topological polar surface area (TPSA) is 81.9 Å². The van der Waals surface area contributed by atoms with Crippen molar-refractivity contribution in [2.45, 2.75) is 25.0 Å². The number of hydrogen-bond donors (Lipinski definition) is 1. The summed E-state index contributed by atoms with van der Waals surface area (Å²) in [6.07, 6.45) is 0. The molecule has 0 aliphatic rings. The summed E-state index contributed by atoms with van der Waals surface area (Å²) in [6.45, 7) is 4.42. The van der Waals surface area contributed by atoms with Crippen molar-refractivity contribution in [3.63, 3.8) is 0 Å². The maximum Gasteiger partial charge on any atom is 0.230 e. The van der Waals surface area contributed by atoms with Gasteiger partial charge in [-0.3, -0.25) is 4.79 Å². The molecule has 3 aromatic rings. The van der Waals surface area contributed by atoms with Crippen molar-refractivity contribution in [1.82, 2.24) is 25.5 Å². The summed E-state index contributed by atoms with van der Waals surface area (Å²) >= 11 is 1.28. The van der Waals surface area contributed by atoms with Gasteiger partial charge in [0, 0.05) is 0 Å². The van der Waals surface area contributed by atoms with Crippen molar-refractivity contribution in [2.75, 3.05) is 12.4 Å². The molecule has 0 radical (unpaired) electrons. The summed E-state index contributed by atoms with van der Waals surface area (Å²) in [5.41, 5.74) is 1.80. The zero-order chi connectivity index (χ0) is 19.1. The molecule has 140 valence electrons. The van der Waals surface area contributed by atoms with E-state index in [-0.39, 0.29) is 17.7 Å². The van der Waals surface area contributed by atoms with Gasteiger partial charge in [-0.25, -0.2) is 0 Å². The van der Waals surface area contributed by atoms with E-state index in [1.807, 2.05) is 68.4 Å². The summed E-state index contributed by atoms with van der Waals surface area (Å²) in [6, 6.07) is 17.3. The molecule has 1 aromatic heterocycles. The summed E-state index contributed by atoms with van der Waals surface area (Å²) in [7, 11) is 0. The van der Waals surface area contributed by atoms with Crippen LogP contribution in [0.15, 0.2) is 59.8 Å². The van der Waals surface area contributed by atoms with Crippen molar-refractivity contribution in [3.05, 3.63) is 60.2 Å². The lowest BCUT2D eigenvalue weighted by atomic mass is 10.1. The largest absolute Gasteiger partial charge is 0.492 e. The highest BCUT2D eigenvalue weighted by Gasteiger charge is 2.16. The molecule has 3 rings (SSSR count). The normalized spacial score (nSPS) is 11.8. The lowest BCUT2D eigenvalue weighted by Gasteiger charge is -2.14. The number of amides is 1. The number of carbonyl (C=O) groups excluding carboxylic acids is 1. The summed E-state index contributed by atoms with van der Waals surface area (Å²) in [5.74, 6) is 0.828. The molecular weight excluding hydrogens is 362 g/mol. The summed E-state index contributed by atoms with van der Waals surface area (Å²) in [4.78, 5) is 12.3. The first-order chi connectivity index (χ1) is 13.2. The van der Waals surface area contributed by atoms with Gasteiger partial charge in [-0.15, -0.1) is 5.10 Å². The molecule has 0 saturated heterocycles. The Labute approximate surface area is 162 Å². The average Bonchev–Trinajstić information content (AvgIpc) is 3.16. The molecule has 0 unspecified atom stereocenters. The monoisotopic (exact) mass is 383 g/mol. The fourth-order valence-electron chi connectivity index (χ4n) is 2.57. The van der Waals surface area contributed by atoms with Gasteiger partial charge >= 0.3 is 0 Å². The Morgan fingerprint density at radius 3 is 2.70 bits per heavy atom. The minimum Gasteiger partial charge on any atom is -0.492 e. The quantitative estimate of drug-likeness (QED) is 0.602. The van der Waals surface area contributed by atoms with Gasteiger partial charge in [-0.2, -0.15) is 4.68 Å². The summed E-state index contributed by atoms with van der Waals surface area (Å²) in [5, 5.41) is 15.3. The standard InChI is InChI=1S/C19H21N5O2S/c1-3-26-17-12-8-7-11-16(17)24-19(21-22-23-24)27-13-18(25)20-14(2)15-9-5-4-6-10-15/h4-12,14H,3,13H2,1-2H3,(H,20,25)/t14-/m0/s1. The number of carbonyl (C=O) groups is 1. The third kappa shape index (κ3) is 4.85. The Kier molecular flexibility index (Phi) is 6.43. The maximum atomic E-state index is 12.3. The predicted octanol–water partition coefficient (Wildman–Crippen LogP) is 3.03. The van der Waals surface area contributed by atoms with E-state index in [9.17, 15) is 4.79 Å². The first-order valence-electron chi connectivity index (χ1n) is 8.66. The van der Waals surface area contributed by atoms with E-state index in [4.69, 9.17) is 4.74 Å². The molecule has 1 atom stereocenters. The van der Waals surface area contributed by atoms with Crippen LogP contribution in [0.3, 0.4) is 0 Å². The van der Waals surface area contributed by atoms with Crippen molar-refractivity contribution < 1.29 is 9.53 Å². The van der Waals surface area contributed by atoms with Crippen LogP contribution in [0.25, 0.3) is 5.69 Å². The highest BCUT2D eigenvalue weighted by atomic mass is 32.2. The number of hydrogen-bond acceptors (Lipinski definition) is 6. The summed E-state index contributed by atoms with van der Waals surface area (Å²) < 4.78 is 7.22. The van der Waals surface area contributed by atoms with Crippen molar-refractivity contribution in [2.24, 2.45) is 0 Å². The van der Waals surface area contributed by atoms with Crippen LogP contribution < -0.4 is 10.1 Å². The molecule has 27 heavy (non-hydrogen) atoms. The van der Waals surface area contributed by atoms with Gasteiger partial charge in [0.25, 0.3) is 0 Å². The van der Waals surface area contributed by atoms with E-state index in [0.29, 0.717) is 17.5 Å². The SMILES string of the molecule is CCOc1ccccc1-n1nnnc1SCC(=O)N[C@@H](C)c1ccccc1. The van der Waals surface area contributed by atoms with Gasteiger partial charge in [0.05, 0.1) is 18.4 Å². The first kappa shape index (κ1) is 18.9. The molecule has 0 aliphatic carbocycles. The van der Waals surface area contributed by atoms with E-state index in [1.54, 1.807) is 4.68 Å². The van der Waals surface area contributed by atoms with Crippen LogP contribution in [0.2, 0.25) is 0 Å². The Morgan fingerprint density at radius 2 is 1.93 bits per heavy atom. The molecule has 2 aromatic carbocycles. The second-order valence-electron chi connectivity index (χ2n) is 5.76. The molecule has 8 heteroatoms. The van der Waals surface area contributed by atoms with Gasteiger partial charge < -0.3 is 10.1 Å². The number of benzene rings is 2. The highest BCUT2D eigenvalue weighted by molar-refractivity contribution is 7.99. The number of aromatic nitrogens is 4. The minimum atomic E-state index is -0.0796. The fourth-order valence-corrected chi connectivity index (χ4v) is 3.26. The van der Waals surface area contributed by atoms with Gasteiger partial charge in [0.1, 0.15) is 11.4 Å². The van der Waals surface area contributed by atoms with Crippen LogP contribution in [0.5, 0.6) is 5.75 Å². The molecule has 0 bridgehead atoms. The molecule has 0 spiro atoms. The van der Waals surface area contributed by atoms with Crippen molar-refractivity contribution in [3.8, 4) is 11.4 Å². The lowest BCUT2D eigenvalue weighted by Crippen LogP contribution is -2.28.